The molecule has 0 aromatic carbocycles. The van der Waals surface area contributed by atoms with Gasteiger partial charge in [-0.15, -0.1) is 0 Å². The van der Waals surface area contributed by atoms with Crippen molar-refractivity contribution in [2.45, 2.75) is 6.41 Å². The van der Waals surface area contributed by atoms with Crippen LogP contribution in [0.4, 0.5) is 0 Å². The van der Waals surface area contributed by atoms with Crippen molar-refractivity contribution >= 4 is 6.29 Å². The van der Waals surface area contributed by atoms with E-state index in [1.54, 1.807) is 0 Å². The Kier molecular flexibility index (Phi) is 4.44. The van der Waals surface area contributed by atoms with E-state index in [0.717, 1.165) is 0 Å². The molecule has 4 nitrogen and oxygen atoms in total. The number of rotatable bonds is 4. The molecule has 0 aliphatic carbocycles. The van der Waals surface area contributed by atoms with E-state index in [0.29, 0.717) is 6.29 Å². The second-order valence-electron chi connectivity index (χ2n) is 1.16. The summed E-state index contributed by atoms with van der Waals surface area (Å²) in [5, 5.41) is 10.8. The van der Waals surface area contributed by atoms with Crippen LogP contribution in [0.15, 0.2) is 0 Å². The van der Waals surface area contributed by atoms with E-state index in [-0.39, 0.29) is 6.54 Å². The Labute approximate surface area is 47.5 Å². The number of carbonyl (C=O) groups is 1. The molecule has 0 bridgehead atoms. The lowest BCUT2D eigenvalue weighted by Crippen LogP contribution is -2.31. The van der Waals surface area contributed by atoms with Crippen LogP contribution in [-0.4, -0.2) is 31.5 Å². The molecule has 4 heteroatoms. The van der Waals surface area contributed by atoms with Crippen molar-refractivity contribution in [3.8, 4) is 0 Å². The minimum atomic E-state index is -1.03. The summed E-state index contributed by atoms with van der Waals surface area (Å²) in [5.74, 6) is 0. The van der Waals surface area contributed by atoms with Gasteiger partial charge in [-0.2, -0.15) is 0 Å². The molecule has 0 spiro atoms. The number of methoxy groups -OCH3 is 1. The van der Waals surface area contributed by atoms with Gasteiger partial charge < -0.3 is 14.6 Å². The number of hydrogen-bond acceptors (Lipinski definition) is 4. The maximum atomic E-state index is 9.60. The highest BCUT2D eigenvalue weighted by atomic mass is 16.6. The molecule has 0 fully saturated rings. The first-order valence-corrected chi connectivity index (χ1v) is 2.19. The molecule has 0 aliphatic heterocycles. The highest BCUT2D eigenvalue weighted by molar-refractivity contribution is 5.51. The van der Waals surface area contributed by atoms with Crippen molar-refractivity contribution < 1.29 is 14.6 Å². The lowest BCUT2D eigenvalue weighted by atomic mass is 10.7. The largest absolute Gasteiger partial charge is 0.356 e. The molecule has 0 amide bonds. The molecule has 0 aliphatic rings. The van der Waals surface area contributed by atoms with Gasteiger partial charge in [0.1, 0.15) is 6.29 Å². The highest BCUT2D eigenvalue weighted by Gasteiger charge is 1.94. The second-order valence-corrected chi connectivity index (χ2v) is 1.16. The number of carbonyl (C=O) groups excluding carboxylic acids is 1. The molecule has 0 saturated heterocycles. The molecule has 1 atom stereocenters. The van der Waals surface area contributed by atoms with E-state index < -0.39 is 6.41 Å². The normalized spacial score (nSPS) is 13.2. The van der Waals surface area contributed by atoms with Crippen LogP contribution < -0.4 is 5.32 Å². The first kappa shape index (κ1) is 7.55. The van der Waals surface area contributed by atoms with Crippen LogP contribution >= 0.6 is 0 Å². The standard InChI is InChI=1S/C4H9NO3/c1-8-4(7)5-2-3-6/h3-5,7H,2H2,1H3. The van der Waals surface area contributed by atoms with E-state index >= 15 is 0 Å². The van der Waals surface area contributed by atoms with Crippen LogP contribution in [-0.2, 0) is 9.53 Å². The first-order chi connectivity index (χ1) is 3.81. The summed E-state index contributed by atoms with van der Waals surface area (Å²) in [6.45, 7) is 0.106. The molecular formula is C4H9NO3. The number of aliphatic hydroxyl groups excluding tert-OH is 1. The van der Waals surface area contributed by atoms with Gasteiger partial charge in [0.2, 0.25) is 6.41 Å². The van der Waals surface area contributed by atoms with Crippen molar-refractivity contribution in [1.29, 1.82) is 0 Å². The van der Waals surface area contributed by atoms with Gasteiger partial charge in [-0.05, 0) is 0 Å². The van der Waals surface area contributed by atoms with Gasteiger partial charge in [0.15, 0.2) is 0 Å². The summed E-state index contributed by atoms with van der Waals surface area (Å²) >= 11 is 0. The Balaban J connectivity index is 2.97. The van der Waals surface area contributed by atoms with Crippen LogP contribution in [0, 0.1) is 0 Å². The lowest BCUT2D eigenvalue weighted by Gasteiger charge is -2.05. The SMILES string of the molecule is COC(O)NCC=O. The molecule has 0 aromatic rings. The number of ether oxygens (including phenoxy) is 1. The van der Waals surface area contributed by atoms with E-state index in [1.807, 2.05) is 0 Å². The van der Waals surface area contributed by atoms with Gasteiger partial charge in [0, 0.05) is 7.11 Å². The van der Waals surface area contributed by atoms with Gasteiger partial charge in [-0.3, -0.25) is 5.32 Å². The van der Waals surface area contributed by atoms with Crippen LogP contribution in [0.1, 0.15) is 0 Å². The molecule has 0 radical (unpaired) electrons. The summed E-state index contributed by atoms with van der Waals surface area (Å²) in [4.78, 5) is 9.60. The Morgan fingerprint density at radius 2 is 2.62 bits per heavy atom. The third-order valence-corrected chi connectivity index (χ3v) is 0.599. The average molecular weight is 119 g/mol. The van der Waals surface area contributed by atoms with E-state index in [4.69, 9.17) is 5.11 Å². The fourth-order valence-corrected chi connectivity index (χ4v) is 0.232. The maximum absolute atomic E-state index is 9.60. The highest BCUT2D eigenvalue weighted by Crippen LogP contribution is 1.71. The van der Waals surface area contributed by atoms with Crippen LogP contribution in [0.3, 0.4) is 0 Å². The number of aldehydes is 1. The second kappa shape index (κ2) is 4.70. The van der Waals surface area contributed by atoms with Crippen LogP contribution in [0.5, 0.6) is 0 Å². The monoisotopic (exact) mass is 119 g/mol. The summed E-state index contributed by atoms with van der Waals surface area (Å²) < 4.78 is 4.34. The van der Waals surface area contributed by atoms with Crippen molar-refractivity contribution in [2.24, 2.45) is 0 Å². The van der Waals surface area contributed by atoms with Crippen molar-refractivity contribution in [1.82, 2.24) is 5.32 Å². The quantitative estimate of drug-likeness (QED) is 0.356. The van der Waals surface area contributed by atoms with Gasteiger partial charge in [0.05, 0.1) is 6.54 Å². The zero-order chi connectivity index (χ0) is 6.41. The first-order valence-electron chi connectivity index (χ1n) is 2.19. The molecule has 8 heavy (non-hydrogen) atoms. The molecular weight excluding hydrogens is 110 g/mol. The Morgan fingerprint density at radius 1 is 2.00 bits per heavy atom. The Bertz CT molecular complexity index is 66.3. The number of aliphatic hydroxyl groups is 1. The molecule has 48 valence electrons. The van der Waals surface area contributed by atoms with Gasteiger partial charge >= 0.3 is 0 Å². The summed E-state index contributed by atoms with van der Waals surface area (Å²) in [5.41, 5.74) is 0. The van der Waals surface area contributed by atoms with Crippen LogP contribution in [0.25, 0.3) is 0 Å². The maximum Gasteiger partial charge on any atom is 0.213 e. The van der Waals surface area contributed by atoms with E-state index in [1.165, 1.54) is 7.11 Å². The zero-order valence-electron chi connectivity index (χ0n) is 4.63. The van der Waals surface area contributed by atoms with Gasteiger partial charge in [0.25, 0.3) is 0 Å². The van der Waals surface area contributed by atoms with E-state index in [2.05, 4.69) is 10.1 Å². The Hall–Kier alpha value is -0.450. The average Bonchev–Trinajstić information content (AvgIpc) is 1.83. The van der Waals surface area contributed by atoms with Crippen molar-refractivity contribution in [2.75, 3.05) is 13.7 Å². The van der Waals surface area contributed by atoms with Crippen molar-refractivity contribution in [3.05, 3.63) is 0 Å². The number of nitrogens with one attached hydrogen (secondary N) is 1. The molecule has 0 aromatic heterocycles. The fraction of sp³-hybridized carbons (Fsp3) is 0.750. The molecule has 0 heterocycles. The lowest BCUT2D eigenvalue weighted by molar-refractivity contribution is -0.115. The Morgan fingerprint density at radius 3 is 3.00 bits per heavy atom. The summed E-state index contributed by atoms with van der Waals surface area (Å²) in [6, 6.07) is 0. The van der Waals surface area contributed by atoms with Gasteiger partial charge in [-0.25, -0.2) is 0 Å². The minimum absolute atomic E-state index is 0.106. The minimum Gasteiger partial charge on any atom is -0.356 e. The summed E-state index contributed by atoms with van der Waals surface area (Å²) in [6.07, 6.45) is -0.386. The summed E-state index contributed by atoms with van der Waals surface area (Å²) in [7, 11) is 1.34. The molecule has 0 saturated carbocycles. The number of hydrogen-bond donors (Lipinski definition) is 2. The zero-order valence-corrected chi connectivity index (χ0v) is 4.63. The molecule has 0 rings (SSSR count). The third-order valence-electron chi connectivity index (χ3n) is 0.599. The van der Waals surface area contributed by atoms with Crippen LogP contribution in [0.2, 0.25) is 0 Å². The topological polar surface area (TPSA) is 58.6 Å². The predicted molar refractivity (Wildman–Crippen MR) is 27.1 cm³/mol. The molecule has 1 unspecified atom stereocenters. The fourth-order valence-electron chi connectivity index (χ4n) is 0.232. The third kappa shape index (κ3) is 3.73. The predicted octanol–water partition coefficient (Wildman–Crippen LogP) is -1.30. The van der Waals surface area contributed by atoms with E-state index in [9.17, 15) is 4.79 Å². The smallest absolute Gasteiger partial charge is 0.213 e. The van der Waals surface area contributed by atoms with Gasteiger partial charge in [-0.1, -0.05) is 0 Å². The van der Waals surface area contributed by atoms with Crippen molar-refractivity contribution in [3.63, 3.8) is 0 Å². The molecule has 2 N–H and O–H groups in total.